The number of carbonyl (C=O) groups excluding carboxylic acids is 1. The molecule has 0 radical (unpaired) electrons. The average molecular weight is 272 g/mol. The average Bonchev–Trinajstić information content (AvgIpc) is 2.66. The Labute approximate surface area is 113 Å². The summed E-state index contributed by atoms with van der Waals surface area (Å²) in [6, 6.07) is -0.934. The molecule has 0 saturated carbocycles. The van der Waals surface area contributed by atoms with E-state index in [2.05, 4.69) is 0 Å². The minimum absolute atomic E-state index is 0.0588. The van der Waals surface area contributed by atoms with Gasteiger partial charge in [-0.25, -0.2) is 4.79 Å². The number of likely N-dealkylation sites (tertiary alicyclic amines) is 1. The van der Waals surface area contributed by atoms with Crippen LogP contribution in [0.5, 0.6) is 0 Å². The summed E-state index contributed by atoms with van der Waals surface area (Å²) in [7, 11) is 0. The first-order valence-electron chi connectivity index (χ1n) is 6.57. The molecule has 1 aliphatic heterocycles. The van der Waals surface area contributed by atoms with Gasteiger partial charge < -0.3 is 20.8 Å². The fourth-order valence-electron chi connectivity index (χ4n) is 2.54. The third-order valence-corrected chi connectivity index (χ3v) is 3.34. The zero-order chi connectivity index (χ0) is 14.8. The monoisotopic (exact) mass is 272 g/mol. The first kappa shape index (κ1) is 15.9. The summed E-state index contributed by atoms with van der Waals surface area (Å²) in [5.74, 6) is -1.73. The van der Waals surface area contributed by atoms with Gasteiger partial charge in [0.15, 0.2) is 0 Å². The van der Waals surface area contributed by atoms with Crippen LogP contribution in [0, 0.1) is 11.3 Å². The van der Waals surface area contributed by atoms with Crippen LogP contribution in [-0.2, 0) is 9.59 Å². The van der Waals surface area contributed by atoms with Crippen molar-refractivity contribution in [3.05, 3.63) is 0 Å². The van der Waals surface area contributed by atoms with Gasteiger partial charge in [0, 0.05) is 19.5 Å². The number of nitrogens with two attached hydrogens (primary N) is 1. The largest absolute Gasteiger partial charge is 0.480 e. The minimum atomic E-state index is -1.07. The summed E-state index contributed by atoms with van der Waals surface area (Å²) in [6.45, 7) is 6.30. The first-order chi connectivity index (χ1) is 8.65. The van der Waals surface area contributed by atoms with Crippen molar-refractivity contribution in [3.8, 4) is 0 Å². The van der Waals surface area contributed by atoms with E-state index in [1.54, 1.807) is 0 Å². The topological polar surface area (TPSA) is 104 Å². The van der Waals surface area contributed by atoms with Gasteiger partial charge >= 0.3 is 5.97 Å². The van der Waals surface area contributed by atoms with Gasteiger partial charge in [-0.2, -0.15) is 0 Å². The van der Waals surface area contributed by atoms with Gasteiger partial charge in [-0.15, -0.1) is 0 Å². The van der Waals surface area contributed by atoms with Crippen LogP contribution in [0.4, 0.5) is 0 Å². The normalized spacial score (nSPS) is 25.4. The second-order valence-corrected chi connectivity index (χ2v) is 6.43. The highest BCUT2D eigenvalue weighted by molar-refractivity contribution is 5.86. The number of aliphatic hydroxyl groups is 1. The molecule has 0 spiro atoms. The number of carbonyl (C=O) groups is 2. The predicted octanol–water partition coefficient (Wildman–Crippen LogP) is 0.0439. The summed E-state index contributed by atoms with van der Waals surface area (Å²) < 4.78 is 0. The Morgan fingerprint density at radius 1 is 1.42 bits per heavy atom. The van der Waals surface area contributed by atoms with Crippen LogP contribution >= 0.6 is 0 Å². The highest BCUT2D eigenvalue weighted by Gasteiger charge is 2.41. The van der Waals surface area contributed by atoms with E-state index >= 15 is 0 Å². The molecule has 3 atom stereocenters. The lowest BCUT2D eigenvalue weighted by molar-refractivity contribution is -0.150. The Kier molecular flexibility index (Phi) is 4.92. The van der Waals surface area contributed by atoms with Gasteiger partial charge in [-0.05, 0) is 11.8 Å². The third-order valence-electron chi connectivity index (χ3n) is 3.34. The van der Waals surface area contributed by atoms with E-state index in [9.17, 15) is 14.7 Å². The Morgan fingerprint density at radius 3 is 2.42 bits per heavy atom. The number of carboxylic acid groups (broad SMARTS) is 1. The second-order valence-electron chi connectivity index (χ2n) is 6.43. The molecule has 110 valence electrons. The summed E-state index contributed by atoms with van der Waals surface area (Å²) in [5, 5.41) is 18.7. The molecule has 1 aliphatic rings. The number of β-amino-alcohol motifs (C(OH)–C–C–N with tert-alkyl or cyclic N) is 1. The molecule has 1 fully saturated rings. The number of aliphatic hydroxyl groups excluding tert-OH is 1. The van der Waals surface area contributed by atoms with E-state index in [-0.39, 0.29) is 30.8 Å². The molecule has 0 bridgehead atoms. The molecule has 1 rings (SSSR count). The van der Waals surface area contributed by atoms with Crippen LogP contribution < -0.4 is 5.73 Å². The standard InChI is InChI=1S/C13H24N2O4/c1-13(2,3)5-8(6-14)11(17)15-7-9(16)4-10(15)12(18)19/h8-10,16H,4-7,14H2,1-3H3,(H,18,19)/t8?,9-,10+/m1/s1. The Hall–Kier alpha value is -1.14. The van der Waals surface area contributed by atoms with E-state index < -0.39 is 24.0 Å². The predicted molar refractivity (Wildman–Crippen MR) is 70.4 cm³/mol. The molecule has 1 saturated heterocycles. The molecule has 0 aromatic rings. The fraction of sp³-hybridized carbons (Fsp3) is 0.846. The molecular formula is C13H24N2O4. The van der Waals surface area contributed by atoms with Gasteiger partial charge in [-0.1, -0.05) is 20.8 Å². The van der Waals surface area contributed by atoms with Crippen molar-refractivity contribution >= 4 is 11.9 Å². The van der Waals surface area contributed by atoms with Crippen molar-refractivity contribution in [1.82, 2.24) is 4.90 Å². The van der Waals surface area contributed by atoms with Gasteiger partial charge in [-0.3, -0.25) is 4.79 Å². The Bertz CT molecular complexity index is 351. The maximum absolute atomic E-state index is 12.4. The maximum atomic E-state index is 12.4. The molecule has 19 heavy (non-hydrogen) atoms. The molecule has 0 aromatic carbocycles. The summed E-state index contributed by atoms with van der Waals surface area (Å²) in [5.41, 5.74) is 5.59. The summed E-state index contributed by atoms with van der Waals surface area (Å²) >= 11 is 0. The number of hydrogen-bond donors (Lipinski definition) is 3. The van der Waals surface area contributed by atoms with Crippen molar-refractivity contribution in [1.29, 1.82) is 0 Å². The zero-order valence-electron chi connectivity index (χ0n) is 11.8. The third kappa shape index (κ3) is 4.18. The van der Waals surface area contributed by atoms with E-state index in [0.29, 0.717) is 6.42 Å². The number of carboxylic acids is 1. The molecule has 1 amide bonds. The van der Waals surface area contributed by atoms with Crippen molar-refractivity contribution in [2.45, 2.75) is 45.8 Å². The number of hydrogen-bond acceptors (Lipinski definition) is 4. The molecule has 1 heterocycles. The number of rotatable bonds is 4. The van der Waals surface area contributed by atoms with Crippen LogP contribution in [0.2, 0.25) is 0 Å². The van der Waals surface area contributed by atoms with E-state index in [4.69, 9.17) is 10.8 Å². The van der Waals surface area contributed by atoms with Gasteiger partial charge in [0.25, 0.3) is 0 Å². The van der Waals surface area contributed by atoms with E-state index in [0.717, 1.165) is 0 Å². The zero-order valence-corrected chi connectivity index (χ0v) is 11.8. The molecule has 6 nitrogen and oxygen atoms in total. The minimum Gasteiger partial charge on any atom is -0.480 e. The molecule has 1 unspecified atom stereocenters. The number of amides is 1. The smallest absolute Gasteiger partial charge is 0.326 e. The van der Waals surface area contributed by atoms with Crippen molar-refractivity contribution in [2.75, 3.05) is 13.1 Å². The summed E-state index contributed by atoms with van der Waals surface area (Å²) in [4.78, 5) is 24.8. The van der Waals surface area contributed by atoms with Crippen LogP contribution in [-0.4, -0.2) is 52.2 Å². The molecule has 0 aromatic heterocycles. The van der Waals surface area contributed by atoms with E-state index in [1.807, 2.05) is 20.8 Å². The molecule has 0 aliphatic carbocycles. The molecule has 4 N–H and O–H groups in total. The quantitative estimate of drug-likeness (QED) is 0.670. The van der Waals surface area contributed by atoms with Crippen molar-refractivity contribution in [3.63, 3.8) is 0 Å². The lowest BCUT2D eigenvalue weighted by Gasteiger charge is -2.29. The fourth-order valence-corrected chi connectivity index (χ4v) is 2.54. The molecular weight excluding hydrogens is 248 g/mol. The van der Waals surface area contributed by atoms with Crippen LogP contribution in [0.3, 0.4) is 0 Å². The van der Waals surface area contributed by atoms with Gasteiger partial charge in [0.05, 0.1) is 12.0 Å². The highest BCUT2D eigenvalue weighted by atomic mass is 16.4. The second kappa shape index (κ2) is 5.88. The van der Waals surface area contributed by atoms with Crippen molar-refractivity contribution in [2.24, 2.45) is 17.1 Å². The number of aliphatic carboxylic acids is 1. The van der Waals surface area contributed by atoms with Crippen LogP contribution in [0.15, 0.2) is 0 Å². The summed E-state index contributed by atoms with van der Waals surface area (Å²) in [6.07, 6.45) is -0.0760. The highest BCUT2D eigenvalue weighted by Crippen LogP contribution is 2.28. The molecule has 6 heteroatoms. The van der Waals surface area contributed by atoms with Crippen LogP contribution in [0.1, 0.15) is 33.6 Å². The van der Waals surface area contributed by atoms with E-state index in [1.165, 1.54) is 4.90 Å². The van der Waals surface area contributed by atoms with Crippen molar-refractivity contribution < 1.29 is 19.8 Å². The number of nitrogens with zero attached hydrogens (tertiary/aromatic N) is 1. The van der Waals surface area contributed by atoms with Crippen LogP contribution in [0.25, 0.3) is 0 Å². The lowest BCUT2D eigenvalue weighted by Crippen LogP contribution is -2.46. The van der Waals surface area contributed by atoms with Gasteiger partial charge in [0.1, 0.15) is 6.04 Å². The SMILES string of the molecule is CC(C)(C)CC(CN)C(=O)N1C[C@H](O)C[C@H]1C(=O)O. The maximum Gasteiger partial charge on any atom is 0.326 e. The first-order valence-corrected chi connectivity index (χ1v) is 6.57. The Balaban J connectivity index is 2.81. The van der Waals surface area contributed by atoms with Gasteiger partial charge in [0.2, 0.25) is 5.91 Å². The lowest BCUT2D eigenvalue weighted by atomic mass is 9.84. The Morgan fingerprint density at radius 2 is 2.00 bits per heavy atom.